The van der Waals surface area contributed by atoms with Crippen LogP contribution in [0.15, 0.2) is 167 Å². The van der Waals surface area contributed by atoms with Crippen molar-refractivity contribution in [2.45, 2.75) is 23.9 Å². The third kappa shape index (κ3) is 5.68. The Morgan fingerprint density at radius 1 is 0.511 bits per heavy atom. The fraction of sp³-hybridized carbons (Fsp3) is 0.0870. The van der Waals surface area contributed by atoms with Gasteiger partial charge in [0.25, 0.3) is 0 Å². The molecule has 0 unspecified atom stereocenters. The topological polar surface area (TPSA) is 0 Å². The van der Waals surface area contributed by atoms with Crippen LogP contribution in [0.1, 0.15) is 43.4 Å². The van der Waals surface area contributed by atoms with E-state index in [0.29, 0.717) is 3.63 Å². The molecule has 0 fully saturated rings. The Bertz CT molecular complexity index is 2130. The van der Waals surface area contributed by atoms with Gasteiger partial charge in [-0.15, -0.1) is 0 Å². The van der Waals surface area contributed by atoms with Gasteiger partial charge in [-0.3, -0.25) is 0 Å². The Morgan fingerprint density at radius 3 is 1.38 bits per heavy atom. The Balaban J connectivity index is 1.40. The predicted octanol–water partition coefficient (Wildman–Crippen LogP) is 11.4. The Kier molecular flexibility index (Phi) is 7.96. The van der Waals surface area contributed by atoms with Crippen LogP contribution in [0.25, 0.3) is 33.4 Å². The summed E-state index contributed by atoms with van der Waals surface area (Å²) in [6, 6.07) is 54.4. The van der Waals surface area contributed by atoms with Gasteiger partial charge in [0.2, 0.25) is 0 Å². The van der Waals surface area contributed by atoms with Crippen LogP contribution in [0.2, 0.25) is 0 Å². The van der Waals surface area contributed by atoms with Crippen molar-refractivity contribution in [2.75, 3.05) is 0 Å². The van der Waals surface area contributed by atoms with Gasteiger partial charge in [0.05, 0.1) is 0 Å². The molecular weight excluding hydrogens is 644 g/mol. The van der Waals surface area contributed by atoms with Crippen LogP contribution >= 0.6 is 0 Å². The van der Waals surface area contributed by atoms with Crippen molar-refractivity contribution in [1.82, 2.24) is 0 Å². The zero-order valence-electron chi connectivity index (χ0n) is 27.0. The molecule has 1 heteroatoms. The van der Waals surface area contributed by atoms with Gasteiger partial charge >= 0.3 is 284 Å². The van der Waals surface area contributed by atoms with Crippen molar-refractivity contribution in [3.05, 3.63) is 200 Å². The van der Waals surface area contributed by atoms with Crippen molar-refractivity contribution in [3.8, 4) is 33.4 Å². The van der Waals surface area contributed by atoms with Gasteiger partial charge < -0.3 is 0 Å². The number of aryl methyl sites for hydroxylation is 2. The monoisotopic (exact) mass is 680 g/mol. The van der Waals surface area contributed by atoms with E-state index < -0.39 is 19.3 Å². The second kappa shape index (κ2) is 12.6. The van der Waals surface area contributed by atoms with E-state index in [2.05, 4.69) is 185 Å². The molecule has 0 aromatic heterocycles. The molecule has 2 aliphatic carbocycles. The minimum absolute atomic E-state index is 0.336. The molecule has 0 nitrogen and oxygen atoms in total. The number of allylic oxidation sites excluding steroid dienone is 4. The molecule has 6 aromatic rings. The standard InChI is InChI=1S/C15H13.2C13H10.C5H5.Zr/c1-10-3-5-14-12(7-10)9-13-8-11(2)4-6-15(13)14;2*1-11-7-9-13(10-8-11)12-5-3-2-4-6-12;1-2-4-5-3-1;/h3-9H,1-2H3;2*1-10H;1-3H,4H2;. The summed E-state index contributed by atoms with van der Waals surface area (Å²) in [5.74, 6) is 0. The Hall–Kier alpha value is -4.58. The van der Waals surface area contributed by atoms with E-state index in [9.17, 15) is 0 Å². The molecule has 8 rings (SSSR count). The van der Waals surface area contributed by atoms with E-state index in [1.807, 2.05) is 0 Å². The molecule has 0 N–H and O–H groups in total. The van der Waals surface area contributed by atoms with Gasteiger partial charge in [0, 0.05) is 0 Å². The first-order chi connectivity index (χ1) is 23.1. The molecule has 0 heterocycles. The zero-order chi connectivity index (χ0) is 31.8. The van der Waals surface area contributed by atoms with E-state index in [1.165, 1.54) is 66.8 Å². The third-order valence-electron chi connectivity index (χ3n) is 9.98. The van der Waals surface area contributed by atoms with Gasteiger partial charge in [-0.2, -0.15) is 0 Å². The van der Waals surface area contributed by atoms with Crippen LogP contribution in [0.4, 0.5) is 0 Å². The molecule has 0 radical (unpaired) electrons. The molecule has 0 atom stereocenters. The fourth-order valence-electron chi connectivity index (χ4n) is 7.72. The summed E-state index contributed by atoms with van der Waals surface area (Å²) in [5, 5.41) is 0. The molecule has 0 saturated carbocycles. The van der Waals surface area contributed by atoms with Crippen LogP contribution < -0.4 is 0 Å². The first-order valence-corrected chi connectivity index (χ1v) is 22.2. The van der Waals surface area contributed by atoms with E-state index in [1.54, 1.807) is 3.28 Å². The second-order valence-electron chi connectivity index (χ2n) is 13.1. The Morgan fingerprint density at radius 2 is 0.957 bits per heavy atom. The number of fused-ring (bicyclic) bond motifs is 3. The van der Waals surface area contributed by atoms with E-state index >= 15 is 0 Å². The summed E-state index contributed by atoms with van der Waals surface area (Å²) >= 11 is -3.73. The number of hydrogen-bond donors (Lipinski definition) is 0. The maximum atomic E-state index is 2.77. The first-order valence-electron chi connectivity index (χ1n) is 16.7. The van der Waals surface area contributed by atoms with E-state index in [4.69, 9.17) is 0 Å². The first kappa shape index (κ1) is 29.8. The molecule has 2 aliphatic rings. The van der Waals surface area contributed by atoms with Gasteiger partial charge in [0.15, 0.2) is 0 Å². The quantitative estimate of drug-likeness (QED) is 0.164. The normalized spacial score (nSPS) is 13.3. The SMILES string of the molecule is Cc1ccc2c(c1)[CH]([Zr](=[CH]c1ccc(-c3ccccc3)cc1)(=[CH]c1ccc(-c3ccccc3)cc1)[C]1=CC=CC1)c1cc(C)ccc1-2. The fourth-order valence-corrected chi connectivity index (χ4v) is 20.0. The van der Waals surface area contributed by atoms with Crippen LogP contribution in [-0.2, 0) is 19.3 Å². The number of hydrogen-bond acceptors (Lipinski definition) is 0. The van der Waals surface area contributed by atoms with Crippen molar-refractivity contribution >= 4 is 7.42 Å². The average Bonchev–Trinajstić information content (AvgIpc) is 3.77. The zero-order valence-corrected chi connectivity index (χ0v) is 29.5. The maximum absolute atomic E-state index is 3.73. The van der Waals surface area contributed by atoms with E-state index in [-0.39, 0.29) is 0 Å². The Labute approximate surface area is 282 Å². The van der Waals surface area contributed by atoms with Crippen molar-refractivity contribution in [1.29, 1.82) is 0 Å². The van der Waals surface area contributed by atoms with Gasteiger partial charge in [-0.25, -0.2) is 0 Å². The van der Waals surface area contributed by atoms with Crippen LogP contribution in [-0.4, -0.2) is 7.42 Å². The molecular formula is C46H38Zr. The van der Waals surface area contributed by atoms with Crippen molar-refractivity contribution in [2.24, 2.45) is 0 Å². The predicted molar refractivity (Wildman–Crippen MR) is 199 cm³/mol. The molecule has 0 saturated heterocycles. The van der Waals surface area contributed by atoms with Gasteiger partial charge in [-0.1, -0.05) is 0 Å². The summed E-state index contributed by atoms with van der Waals surface area (Å²) in [6.07, 6.45) is 8.14. The van der Waals surface area contributed by atoms with Crippen molar-refractivity contribution < 1.29 is 19.3 Å². The van der Waals surface area contributed by atoms with Gasteiger partial charge in [-0.05, 0) is 0 Å². The minimum atomic E-state index is -3.73. The summed E-state index contributed by atoms with van der Waals surface area (Å²) in [5.41, 5.74) is 16.1. The van der Waals surface area contributed by atoms with Crippen LogP contribution in [0.3, 0.4) is 0 Å². The molecule has 0 bridgehead atoms. The second-order valence-corrected chi connectivity index (χ2v) is 22.1. The van der Waals surface area contributed by atoms with Crippen molar-refractivity contribution in [3.63, 3.8) is 0 Å². The summed E-state index contributed by atoms with van der Waals surface area (Å²) in [6.45, 7) is 4.49. The molecule has 47 heavy (non-hydrogen) atoms. The number of rotatable bonds is 6. The number of benzene rings is 6. The molecule has 0 spiro atoms. The molecule has 6 aromatic carbocycles. The third-order valence-corrected chi connectivity index (χ3v) is 21.5. The van der Waals surface area contributed by atoms with Gasteiger partial charge in [0.1, 0.15) is 0 Å². The van der Waals surface area contributed by atoms with Crippen LogP contribution in [0.5, 0.6) is 0 Å². The average molecular weight is 682 g/mol. The van der Waals surface area contributed by atoms with E-state index in [0.717, 1.165) is 6.42 Å². The molecule has 0 amide bonds. The van der Waals surface area contributed by atoms with Crippen LogP contribution in [0, 0.1) is 13.8 Å². The summed E-state index contributed by atoms with van der Waals surface area (Å²) < 4.78 is 7.50. The molecule has 0 aliphatic heterocycles. The summed E-state index contributed by atoms with van der Waals surface area (Å²) in [4.78, 5) is 0. The summed E-state index contributed by atoms with van der Waals surface area (Å²) in [7, 11) is 0. The molecule has 226 valence electrons.